The maximum atomic E-state index is 9.30. The van der Waals surface area contributed by atoms with Crippen molar-refractivity contribution in [1.29, 1.82) is 0 Å². The van der Waals surface area contributed by atoms with Gasteiger partial charge in [0, 0.05) is 12.5 Å². The second-order valence-corrected chi connectivity index (χ2v) is 4.88. The molecule has 0 heterocycles. The van der Waals surface area contributed by atoms with Crippen LogP contribution < -0.4 is 0 Å². The van der Waals surface area contributed by atoms with Gasteiger partial charge in [-0.25, -0.2) is 0 Å². The molecule has 0 saturated carbocycles. The predicted molar refractivity (Wildman–Crippen MR) is 71.7 cm³/mol. The molecule has 0 fully saturated rings. The van der Waals surface area contributed by atoms with Crippen LogP contribution in [0.2, 0.25) is 0 Å². The molecular formula is C16H16O2. The number of phenols is 1. The summed E-state index contributed by atoms with van der Waals surface area (Å²) in [5, 5.41) is 18.6. The van der Waals surface area contributed by atoms with E-state index < -0.39 is 0 Å². The van der Waals surface area contributed by atoms with Crippen LogP contribution >= 0.6 is 0 Å². The summed E-state index contributed by atoms with van der Waals surface area (Å²) in [5.41, 5.74) is 4.93. The van der Waals surface area contributed by atoms with E-state index >= 15 is 0 Å². The van der Waals surface area contributed by atoms with Crippen LogP contribution in [0.4, 0.5) is 0 Å². The van der Waals surface area contributed by atoms with Crippen LogP contribution in [0.25, 0.3) is 11.1 Å². The molecule has 0 bridgehead atoms. The Morgan fingerprint density at radius 3 is 2.44 bits per heavy atom. The maximum Gasteiger partial charge on any atom is 0.115 e. The molecule has 0 spiro atoms. The Balaban J connectivity index is 1.98. The summed E-state index contributed by atoms with van der Waals surface area (Å²) < 4.78 is 0. The van der Waals surface area contributed by atoms with Crippen molar-refractivity contribution in [1.82, 2.24) is 0 Å². The number of aliphatic hydroxyl groups excluding tert-OH is 1. The van der Waals surface area contributed by atoms with E-state index in [4.69, 9.17) is 0 Å². The summed E-state index contributed by atoms with van der Waals surface area (Å²) in [6.45, 7) is 0.242. The van der Waals surface area contributed by atoms with Gasteiger partial charge in [-0.05, 0) is 47.2 Å². The third-order valence-electron chi connectivity index (χ3n) is 3.77. The van der Waals surface area contributed by atoms with E-state index in [0.717, 1.165) is 18.4 Å². The van der Waals surface area contributed by atoms with Crippen molar-refractivity contribution in [2.45, 2.75) is 18.8 Å². The maximum absolute atomic E-state index is 9.30. The summed E-state index contributed by atoms with van der Waals surface area (Å²) in [6.07, 6.45) is 2.09. The Labute approximate surface area is 107 Å². The lowest BCUT2D eigenvalue weighted by molar-refractivity contribution is 0.265. The van der Waals surface area contributed by atoms with Crippen LogP contribution in [0.15, 0.2) is 42.5 Å². The van der Waals surface area contributed by atoms with Gasteiger partial charge in [0.05, 0.1) is 0 Å². The summed E-state index contributed by atoms with van der Waals surface area (Å²) in [4.78, 5) is 0. The van der Waals surface area contributed by atoms with Crippen molar-refractivity contribution in [3.63, 3.8) is 0 Å². The molecule has 0 aromatic heterocycles. The van der Waals surface area contributed by atoms with Crippen LogP contribution in [-0.2, 0) is 6.42 Å². The Hall–Kier alpha value is -1.80. The quantitative estimate of drug-likeness (QED) is 0.847. The number of hydrogen-bond donors (Lipinski definition) is 2. The summed E-state index contributed by atoms with van der Waals surface area (Å²) in [5.74, 6) is 0.606. The number of aliphatic hydroxyl groups is 1. The minimum Gasteiger partial charge on any atom is -0.508 e. The van der Waals surface area contributed by atoms with E-state index in [1.807, 2.05) is 12.1 Å². The Morgan fingerprint density at radius 1 is 1.00 bits per heavy atom. The first kappa shape index (κ1) is 11.3. The van der Waals surface area contributed by atoms with Gasteiger partial charge in [-0.2, -0.15) is 0 Å². The minimum atomic E-state index is 0.242. The smallest absolute Gasteiger partial charge is 0.115 e. The molecule has 2 aromatic rings. The van der Waals surface area contributed by atoms with Gasteiger partial charge in [0.25, 0.3) is 0 Å². The zero-order valence-electron chi connectivity index (χ0n) is 10.1. The highest BCUT2D eigenvalue weighted by molar-refractivity contribution is 5.66. The molecule has 0 aliphatic heterocycles. The molecule has 1 atom stereocenters. The van der Waals surface area contributed by atoms with E-state index in [0.29, 0.717) is 11.7 Å². The Kier molecular flexibility index (Phi) is 2.80. The Bertz CT molecular complexity index is 558. The number of aryl methyl sites for hydroxylation is 1. The molecule has 0 radical (unpaired) electrons. The number of benzene rings is 2. The van der Waals surface area contributed by atoms with Gasteiger partial charge in [0.15, 0.2) is 0 Å². The minimum absolute atomic E-state index is 0.242. The molecule has 1 aliphatic rings. The van der Waals surface area contributed by atoms with Crippen molar-refractivity contribution in [2.24, 2.45) is 0 Å². The SMILES string of the molecule is OCC1CCc2cc(-c3ccc(O)cc3)ccc21. The molecule has 2 N–H and O–H groups in total. The fourth-order valence-corrected chi connectivity index (χ4v) is 2.73. The average Bonchev–Trinajstić information content (AvgIpc) is 2.81. The molecule has 2 aromatic carbocycles. The first-order valence-corrected chi connectivity index (χ1v) is 6.31. The van der Waals surface area contributed by atoms with Crippen LogP contribution in [0, 0.1) is 0 Å². The van der Waals surface area contributed by atoms with Gasteiger partial charge in [0.2, 0.25) is 0 Å². The summed E-state index contributed by atoms with van der Waals surface area (Å²) >= 11 is 0. The molecule has 1 aliphatic carbocycles. The molecule has 1 unspecified atom stereocenters. The van der Waals surface area contributed by atoms with E-state index in [2.05, 4.69) is 18.2 Å². The summed E-state index contributed by atoms with van der Waals surface area (Å²) in [6, 6.07) is 13.7. The molecular weight excluding hydrogens is 224 g/mol. The topological polar surface area (TPSA) is 40.5 Å². The number of phenolic OH excluding ortho intramolecular Hbond substituents is 1. The van der Waals surface area contributed by atoms with E-state index in [1.54, 1.807) is 12.1 Å². The Morgan fingerprint density at radius 2 is 1.72 bits per heavy atom. The standard InChI is InChI=1S/C16H16O2/c17-10-14-2-1-13-9-12(5-8-16(13)14)11-3-6-15(18)7-4-11/h3-9,14,17-18H,1-2,10H2. The zero-order chi connectivity index (χ0) is 12.5. The van der Waals surface area contributed by atoms with E-state index in [9.17, 15) is 10.2 Å². The lowest BCUT2D eigenvalue weighted by Gasteiger charge is -2.09. The van der Waals surface area contributed by atoms with Gasteiger partial charge in [-0.15, -0.1) is 0 Å². The van der Waals surface area contributed by atoms with Gasteiger partial charge < -0.3 is 10.2 Å². The molecule has 2 nitrogen and oxygen atoms in total. The number of fused-ring (bicyclic) bond motifs is 1. The van der Waals surface area contributed by atoms with Gasteiger partial charge in [0.1, 0.15) is 5.75 Å². The molecule has 18 heavy (non-hydrogen) atoms. The third-order valence-corrected chi connectivity index (χ3v) is 3.77. The lowest BCUT2D eigenvalue weighted by Crippen LogP contribution is -1.98. The van der Waals surface area contributed by atoms with Crippen molar-refractivity contribution in [2.75, 3.05) is 6.61 Å². The lowest BCUT2D eigenvalue weighted by atomic mass is 9.97. The van der Waals surface area contributed by atoms with Gasteiger partial charge in [-0.1, -0.05) is 30.3 Å². The van der Waals surface area contributed by atoms with Crippen LogP contribution in [0.3, 0.4) is 0 Å². The summed E-state index contributed by atoms with van der Waals surface area (Å²) in [7, 11) is 0. The molecule has 92 valence electrons. The number of aromatic hydroxyl groups is 1. The van der Waals surface area contributed by atoms with Crippen molar-refractivity contribution in [3.05, 3.63) is 53.6 Å². The van der Waals surface area contributed by atoms with Gasteiger partial charge in [-0.3, -0.25) is 0 Å². The third kappa shape index (κ3) is 1.89. The first-order chi connectivity index (χ1) is 8.78. The normalized spacial score (nSPS) is 17.7. The zero-order valence-corrected chi connectivity index (χ0v) is 10.1. The average molecular weight is 240 g/mol. The van der Waals surface area contributed by atoms with E-state index in [1.165, 1.54) is 16.7 Å². The molecule has 2 heteroatoms. The van der Waals surface area contributed by atoms with Crippen molar-refractivity contribution in [3.8, 4) is 16.9 Å². The van der Waals surface area contributed by atoms with Crippen molar-refractivity contribution >= 4 is 0 Å². The highest BCUT2D eigenvalue weighted by Crippen LogP contribution is 2.35. The second kappa shape index (κ2) is 4.46. The predicted octanol–water partition coefficient (Wildman–Crippen LogP) is 3.08. The molecule has 0 amide bonds. The molecule has 0 saturated heterocycles. The fraction of sp³-hybridized carbons (Fsp3) is 0.250. The fourth-order valence-electron chi connectivity index (χ4n) is 2.73. The van der Waals surface area contributed by atoms with Gasteiger partial charge >= 0.3 is 0 Å². The van der Waals surface area contributed by atoms with Crippen molar-refractivity contribution < 1.29 is 10.2 Å². The number of rotatable bonds is 2. The highest BCUT2D eigenvalue weighted by Gasteiger charge is 2.21. The van der Waals surface area contributed by atoms with Crippen LogP contribution in [-0.4, -0.2) is 16.8 Å². The first-order valence-electron chi connectivity index (χ1n) is 6.31. The second-order valence-electron chi connectivity index (χ2n) is 4.88. The largest absolute Gasteiger partial charge is 0.508 e. The van der Waals surface area contributed by atoms with E-state index in [-0.39, 0.29) is 6.61 Å². The van der Waals surface area contributed by atoms with Crippen LogP contribution in [0.1, 0.15) is 23.5 Å². The monoisotopic (exact) mass is 240 g/mol. The number of hydrogen-bond acceptors (Lipinski definition) is 2. The van der Waals surface area contributed by atoms with Crippen LogP contribution in [0.5, 0.6) is 5.75 Å². The highest BCUT2D eigenvalue weighted by atomic mass is 16.3. The molecule has 3 rings (SSSR count).